The summed E-state index contributed by atoms with van der Waals surface area (Å²) in [5.41, 5.74) is 0.0615. The topological polar surface area (TPSA) is 88.0 Å². The van der Waals surface area contributed by atoms with Crippen molar-refractivity contribution in [1.82, 2.24) is 29.7 Å². The number of aromatic nitrogens is 5. The molecule has 0 atom stereocenters. The first kappa shape index (κ1) is 17.9. The van der Waals surface area contributed by atoms with E-state index in [1.165, 1.54) is 6.07 Å². The van der Waals surface area contributed by atoms with Crippen molar-refractivity contribution in [2.75, 3.05) is 13.1 Å². The van der Waals surface area contributed by atoms with Gasteiger partial charge in [-0.15, -0.1) is 0 Å². The van der Waals surface area contributed by atoms with Gasteiger partial charge in [0, 0.05) is 30.8 Å². The van der Waals surface area contributed by atoms with Gasteiger partial charge in [0.15, 0.2) is 22.6 Å². The van der Waals surface area contributed by atoms with Crippen LogP contribution in [0.15, 0.2) is 35.4 Å². The van der Waals surface area contributed by atoms with Crippen LogP contribution >= 0.6 is 0 Å². The molecule has 0 spiro atoms. The highest BCUT2D eigenvalue weighted by Gasteiger charge is 2.36. The minimum Gasteiger partial charge on any atom is -0.316 e. The molecule has 5 heterocycles. The summed E-state index contributed by atoms with van der Waals surface area (Å²) in [6, 6.07) is 4.59. The molecule has 1 fully saturated rings. The highest BCUT2D eigenvalue weighted by Crippen LogP contribution is 2.32. The molecular formula is C20H18F2N6O. The lowest BCUT2D eigenvalue weighted by molar-refractivity contribution is 0.104. The molecule has 29 heavy (non-hydrogen) atoms. The Hall–Kier alpha value is -3.20. The van der Waals surface area contributed by atoms with Crippen LogP contribution in [0.25, 0.3) is 27.9 Å². The summed E-state index contributed by atoms with van der Waals surface area (Å²) in [5.74, 6) is -0.447. The fourth-order valence-corrected chi connectivity index (χ4v) is 3.78. The molecule has 0 aliphatic carbocycles. The van der Waals surface area contributed by atoms with Crippen LogP contribution in [0.3, 0.4) is 0 Å². The normalized spacial score (nSPS) is 16.5. The number of fused-ring (bicyclic) bond motifs is 2. The van der Waals surface area contributed by atoms with Gasteiger partial charge in [-0.3, -0.25) is 4.79 Å². The maximum absolute atomic E-state index is 15.2. The maximum atomic E-state index is 15.2. The number of nitrogens with one attached hydrogen (secondary N) is 2. The molecule has 0 unspecified atom stereocenters. The van der Waals surface area contributed by atoms with Gasteiger partial charge in [0.05, 0.1) is 16.9 Å². The Morgan fingerprint density at radius 1 is 1.14 bits per heavy atom. The summed E-state index contributed by atoms with van der Waals surface area (Å²) in [7, 11) is 0. The summed E-state index contributed by atoms with van der Waals surface area (Å²) in [6.07, 6.45) is 3.91. The first-order valence-electron chi connectivity index (χ1n) is 9.39. The van der Waals surface area contributed by atoms with E-state index in [1.807, 2.05) is 0 Å². The Labute approximate surface area is 163 Å². The molecule has 5 rings (SSSR count). The smallest absolute Gasteiger partial charge is 0.277 e. The Morgan fingerprint density at radius 2 is 1.93 bits per heavy atom. The lowest BCUT2D eigenvalue weighted by Gasteiger charge is -2.28. The molecule has 0 amide bonds. The number of imidazole rings is 1. The molecule has 0 saturated carbocycles. The van der Waals surface area contributed by atoms with Crippen LogP contribution in [-0.4, -0.2) is 37.4 Å². The van der Waals surface area contributed by atoms with E-state index < -0.39 is 17.0 Å². The summed E-state index contributed by atoms with van der Waals surface area (Å²) in [4.78, 5) is 28.0. The number of aryl methyl sites for hydroxylation is 1. The SMILES string of the molecule is Cc1cn2cc(-c3ccc4nc(C5(F)CCNCC5)[nH]c(=O)c4n3)cc(F)c2n1. The molecule has 148 valence electrons. The monoisotopic (exact) mass is 396 g/mol. The predicted molar refractivity (Wildman–Crippen MR) is 104 cm³/mol. The average molecular weight is 396 g/mol. The lowest BCUT2D eigenvalue weighted by atomic mass is 9.93. The van der Waals surface area contributed by atoms with E-state index in [1.54, 1.807) is 35.9 Å². The molecule has 0 bridgehead atoms. The Kier molecular flexibility index (Phi) is 3.95. The van der Waals surface area contributed by atoms with Gasteiger partial charge in [0.25, 0.3) is 5.56 Å². The summed E-state index contributed by atoms with van der Waals surface area (Å²) >= 11 is 0. The molecule has 0 radical (unpaired) electrons. The van der Waals surface area contributed by atoms with Crippen molar-refractivity contribution < 1.29 is 8.78 Å². The first-order chi connectivity index (χ1) is 13.9. The van der Waals surface area contributed by atoms with Gasteiger partial charge >= 0.3 is 0 Å². The van der Waals surface area contributed by atoms with Crippen molar-refractivity contribution in [2.24, 2.45) is 0 Å². The van der Waals surface area contributed by atoms with Crippen LogP contribution in [0.4, 0.5) is 8.78 Å². The zero-order chi connectivity index (χ0) is 20.2. The lowest BCUT2D eigenvalue weighted by Crippen LogP contribution is -2.39. The fourth-order valence-electron chi connectivity index (χ4n) is 3.78. The molecular weight excluding hydrogens is 378 g/mol. The molecule has 4 aromatic heterocycles. The number of hydrogen-bond donors (Lipinski definition) is 2. The summed E-state index contributed by atoms with van der Waals surface area (Å²) in [6.45, 7) is 2.83. The number of pyridine rings is 2. The van der Waals surface area contributed by atoms with Gasteiger partial charge in [0.1, 0.15) is 5.82 Å². The number of aromatic amines is 1. The highest BCUT2D eigenvalue weighted by atomic mass is 19.1. The van der Waals surface area contributed by atoms with Crippen LogP contribution in [0.2, 0.25) is 0 Å². The van der Waals surface area contributed by atoms with E-state index in [2.05, 4.69) is 25.3 Å². The predicted octanol–water partition coefficient (Wildman–Crippen LogP) is 2.63. The third-order valence-corrected chi connectivity index (χ3v) is 5.30. The second-order valence-electron chi connectivity index (χ2n) is 7.38. The van der Waals surface area contributed by atoms with Gasteiger partial charge in [-0.2, -0.15) is 0 Å². The largest absolute Gasteiger partial charge is 0.316 e. The van der Waals surface area contributed by atoms with Gasteiger partial charge in [-0.1, -0.05) is 0 Å². The third-order valence-electron chi connectivity index (χ3n) is 5.30. The van der Waals surface area contributed by atoms with Crippen LogP contribution < -0.4 is 10.9 Å². The standard InChI is InChI=1S/C20H18F2N6O/c1-11-9-28-10-12(8-13(21)17(28)24-11)14-2-3-15-16(25-14)18(29)27-19(26-15)20(22)4-6-23-7-5-20/h2-3,8-10,23H,4-7H2,1H3,(H,26,27,29). The van der Waals surface area contributed by atoms with E-state index >= 15 is 4.39 Å². The van der Waals surface area contributed by atoms with Crippen molar-refractivity contribution in [3.05, 3.63) is 58.3 Å². The van der Waals surface area contributed by atoms with Crippen molar-refractivity contribution in [3.63, 3.8) is 0 Å². The number of alkyl halides is 1. The van der Waals surface area contributed by atoms with Crippen molar-refractivity contribution in [3.8, 4) is 11.3 Å². The number of hydrogen-bond acceptors (Lipinski definition) is 5. The van der Waals surface area contributed by atoms with Crippen LogP contribution in [0.1, 0.15) is 24.4 Å². The van der Waals surface area contributed by atoms with E-state index in [0.29, 0.717) is 35.6 Å². The molecule has 0 aromatic carbocycles. The quantitative estimate of drug-likeness (QED) is 0.544. The van der Waals surface area contributed by atoms with E-state index in [9.17, 15) is 9.18 Å². The van der Waals surface area contributed by atoms with Gasteiger partial charge < -0.3 is 14.7 Å². The third kappa shape index (κ3) is 2.98. The van der Waals surface area contributed by atoms with Crippen LogP contribution in [-0.2, 0) is 5.67 Å². The summed E-state index contributed by atoms with van der Waals surface area (Å²) in [5, 5.41) is 3.10. The van der Waals surface area contributed by atoms with Gasteiger partial charge in [-0.25, -0.2) is 23.7 Å². The number of halogens is 2. The Balaban J connectivity index is 1.62. The van der Waals surface area contributed by atoms with Crippen LogP contribution in [0.5, 0.6) is 0 Å². The minimum atomic E-state index is -1.66. The molecule has 4 aromatic rings. The van der Waals surface area contributed by atoms with Gasteiger partial charge in [0.2, 0.25) is 0 Å². The first-order valence-corrected chi connectivity index (χ1v) is 9.39. The zero-order valence-corrected chi connectivity index (χ0v) is 15.7. The molecule has 9 heteroatoms. The minimum absolute atomic E-state index is 0.0346. The fraction of sp³-hybridized carbons (Fsp3) is 0.300. The molecule has 1 aliphatic heterocycles. The van der Waals surface area contributed by atoms with Crippen molar-refractivity contribution in [1.29, 1.82) is 0 Å². The van der Waals surface area contributed by atoms with E-state index in [4.69, 9.17) is 0 Å². The number of nitrogens with zero attached hydrogens (tertiary/aromatic N) is 4. The summed E-state index contributed by atoms with van der Waals surface area (Å²) < 4.78 is 31.2. The van der Waals surface area contributed by atoms with Crippen molar-refractivity contribution in [2.45, 2.75) is 25.4 Å². The average Bonchev–Trinajstić information content (AvgIpc) is 3.09. The number of piperidine rings is 1. The molecule has 1 saturated heterocycles. The molecule has 2 N–H and O–H groups in total. The maximum Gasteiger partial charge on any atom is 0.277 e. The van der Waals surface area contributed by atoms with Crippen LogP contribution in [0, 0.1) is 12.7 Å². The number of rotatable bonds is 2. The molecule has 1 aliphatic rings. The second-order valence-corrected chi connectivity index (χ2v) is 7.38. The zero-order valence-electron chi connectivity index (χ0n) is 15.7. The highest BCUT2D eigenvalue weighted by molar-refractivity contribution is 5.77. The molecule has 7 nitrogen and oxygen atoms in total. The van der Waals surface area contributed by atoms with E-state index in [0.717, 1.165) is 0 Å². The van der Waals surface area contributed by atoms with Crippen molar-refractivity contribution >= 4 is 16.7 Å². The second kappa shape index (κ2) is 6.41. The van der Waals surface area contributed by atoms with Gasteiger partial charge in [-0.05, 0) is 38.2 Å². The van der Waals surface area contributed by atoms with E-state index in [-0.39, 0.29) is 29.8 Å². The Bertz CT molecular complexity index is 1310. The Morgan fingerprint density at radius 3 is 2.72 bits per heavy atom. The number of H-pyrrole nitrogens is 1.